The number of fused-ring (bicyclic) bond motifs is 2. The number of carbonyl (C=O) groups excluding carboxylic acids is 2. The van der Waals surface area contributed by atoms with E-state index in [-0.39, 0.29) is 12.3 Å². The number of nitrogens with zero attached hydrogens (tertiary/aromatic N) is 3. The summed E-state index contributed by atoms with van der Waals surface area (Å²) < 4.78 is 13.7. The van der Waals surface area contributed by atoms with Crippen molar-refractivity contribution in [3.63, 3.8) is 0 Å². The van der Waals surface area contributed by atoms with E-state index in [1.807, 2.05) is 19.1 Å². The first kappa shape index (κ1) is 19.6. The van der Waals surface area contributed by atoms with E-state index in [4.69, 9.17) is 0 Å². The predicted molar refractivity (Wildman–Crippen MR) is 116 cm³/mol. The number of aromatic amines is 1. The molecule has 0 aliphatic carbocycles. The van der Waals surface area contributed by atoms with Crippen LogP contribution >= 0.6 is 0 Å². The van der Waals surface area contributed by atoms with Gasteiger partial charge in [-0.1, -0.05) is 0 Å². The number of amides is 3. The highest BCUT2D eigenvalue weighted by atomic mass is 19.1. The van der Waals surface area contributed by atoms with Crippen molar-refractivity contribution in [1.29, 1.82) is 0 Å². The van der Waals surface area contributed by atoms with Gasteiger partial charge in [0.05, 0.1) is 18.0 Å². The fourth-order valence-corrected chi connectivity index (χ4v) is 3.77. The Balaban J connectivity index is 1.35. The van der Waals surface area contributed by atoms with Crippen molar-refractivity contribution in [1.82, 2.24) is 25.5 Å². The normalized spacial score (nSPS) is 15.2. The standard InChI is InChI=1S/C22H18FN7O2/c1-11-6-12(4-5-24-11)21-15-10-25-19(8-18(15)29-30-21)28-22(32)27-17-9-20(31)26-16-3-2-13(23)7-14(16)17/h2-8,10,17H,9H2,1H3,(H,26,31)(H,29,30)(H2,25,27,28,32). The van der Waals surface area contributed by atoms with E-state index >= 15 is 0 Å². The molecule has 1 aliphatic rings. The lowest BCUT2D eigenvalue weighted by atomic mass is 9.97. The molecule has 0 spiro atoms. The molecular formula is C22H18FN7O2. The van der Waals surface area contributed by atoms with E-state index in [9.17, 15) is 14.0 Å². The molecule has 0 bridgehead atoms. The van der Waals surface area contributed by atoms with Gasteiger partial charge < -0.3 is 10.6 Å². The number of carbonyl (C=O) groups is 2. The Hall–Kier alpha value is -4.34. The molecule has 5 rings (SSSR count). The first-order valence-electron chi connectivity index (χ1n) is 9.90. The van der Waals surface area contributed by atoms with Gasteiger partial charge in [-0.05, 0) is 37.3 Å². The van der Waals surface area contributed by atoms with Crippen LogP contribution in [-0.2, 0) is 4.79 Å². The van der Waals surface area contributed by atoms with Crippen molar-refractivity contribution in [3.05, 3.63) is 65.9 Å². The van der Waals surface area contributed by atoms with Crippen molar-refractivity contribution < 1.29 is 14.0 Å². The van der Waals surface area contributed by atoms with Crippen LogP contribution in [0.4, 0.5) is 20.7 Å². The molecule has 1 aromatic carbocycles. The number of nitrogens with one attached hydrogen (secondary N) is 4. The quantitative estimate of drug-likeness (QED) is 0.394. The Labute approximate surface area is 181 Å². The van der Waals surface area contributed by atoms with Crippen LogP contribution in [-0.4, -0.2) is 32.1 Å². The predicted octanol–water partition coefficient (Wildman–Crippen LogP) is 3.67. The third kappa shape index (κ3) is 3.73. The number of urea groups is 1. The third-order valence-corrected chi connectivity index (χ3v) is 5.22. The Bertz CT molecular complexity index is 1370. The first-order chi connectivity index (χ1) is 15.5. The minimum Gasteiger partial charge on any atom is -0.330 e. The maximum Gasteiger partial charge on any atom is 0.320 e. The molecule has 1 atom stereocenters. The Morgan fingerprint density at radius 1 is 1.19 bits per heavy atom. The number of aromatic nitrogens is 4. The number of benzene rings is 1. The first-order valence-corrected chi connectivity index (χ1v) is 9.90. The molecule has 4 aromatic rings. The molecule has 1 unspecified atom stereocenters. The molecule has 1 aliphatic heterocycles. The van der Waals surface area contributed by atoms with Crippen LogP contribution in [0.25, 0.3) is 22.2 Å². The number of pyridine rings is 2. The molecule has 3 aromatic heterocycles. The summed E-state index contributed by atoms with van der Waals surface area (Å²) in [5, 5.41) is 16.2. The van der Waals surface area contributed by atoms with Gasteiger partial charge in [-0.3, -0.25) is 20.2 Å². The molecule has 160 valence electrons. The zero-order valence-electron chi connectivity index (χ0n) is 16.9. The summed E-state index contributed by atoms with van der Waals surface area (Å²) in [5.74, 6) is -0.403. The summed E-state index contributed by atoms with van der Waals surface area (Å²) in [4.78, 5) is 33.0. The van der Waals surface area contributed by atoms with Crippen LogP contribution < -0.4 is 16.0 Å². The van der Waals surface area contributed by atoms with Gasteiger partial charge in [0.1, 0.15) is 17.3 Å². The summed E-state index contributed by atoms with van der Waals surface area (Å²) in [6.07, 6.45) is 3.35. The number of rotatable bonds is 3. The van der Waals surface area contributed by atoms with E-state index < -0.39 is 17.9 Å². The van der Waals surface area contributed by atoms with Crippen LogP contribution in [0, 0.1) is 12.7 Å². The zero-order chi connectivity index (χ0) is 22.2. The van der Waals surface area contributed by atoms with Crippen molar-refractivity contribution in [2.75, 3.05) is 10.6 Å². The van der Waals surface area contributed by atoms with Gasteiger partial charge in [0.25, 0.3) is 0 Å². The number of anilines is 2. The van der Waals surface area contributed by atoms with Crippen LogP contribution in [0.5, 0.6) is 0 Å². The average Bonchev–Trinajstić information content (AvgIpc) is 3.17. The molecule has 0 saturated heterocycles. The van der Waals surface area contributed by atoms with Gasteiger partial charge in [-0.2, -0.15) is 5.10 Å². The van der Waals surface area contributed by atoms with Gasteiger partial charge in [0.2, 0.25) is 5.91 Å². The highest BCUT2D eigenvalue weighted by molar-refractivity contribution is 5.97. The van der Waals surface area contributed by atoms with Gasteiger partial charge >= 0.3 is 6.03 Å². The van der Waals surface area contributed by atoms with Gasteiger partial charge in [-0.15, -0.1) is 0 Å². The molecule has 3 amide bonds. The summed E-state index contributed by atoms with van der Waals surface area (Å²) in [6.45, 7) is 1.90. The smallest absolute Gasteiger partial charge is 0.320 e. The lowest BCUT2D eigenvalue weighted by molar-refractivity contribution is -0.116. The van der Waals surface area contributed by atoms with Crippen molar-refractivity contribution in [2.45, 2.75) is 19.4 Å². The van der Waals surface area contributed by atoms with E-state index in [0.717, 1.165) is 22.3 Å². The van der Waals surface area contributed by atoms with E-state index in [1.54, 1.807) is 18.5 Å². The summed E-state index contributed by atoms with van der Waals surface area (Å²) >= 11 is 0. The molecule has 0 saturated carbocycles. The molecule has 4 heterocycles. The monoisotopic (exact) mass is 431 g/mol. The topological polar surface area (TPSA) is 125 Å². The molecular weight excluding hydrogens is 413 g/mol. The van der Waals surface area contributed by atoms with Gasteiger partial charge in [0.15, 0.2) is 0 Å². The second-order valence-corrected chi connectivity index (χ2v) is 7.51. The Morgan fingerprint density at radius 3 is 2.91 bits per heavy atom. The highest BCUT2D eigenvalue weighted by Crippen LogP contribution is 2.31. The summed E-state index contributed by atoms with van der Waals surface area (Å²) in [5.41, 5.74) is 4.20. The largest absolute Gasteiger partial charge is 0.330 e. The van der Waals surface area contributed by atoms with E-state index in [1.165, 1.54) is 18.2 Å². The molecule has 4 N–H and O–H groups in total. The van der Waals surface area contributed by atoms with Crippen molar-refractivity contribution in [3.8, 4) is 11.3 Å². The van der Waals surface area contributed by atoms with Crippen molar-refractivity contribution >= 4 is 34.3 Å². The van der Waals surface area contributed by atoms with E-state index in [0.29, 0.717) is 22.6 Å². The van der Waals surface area contributed by atoms with Gasteiger partial charge in [-0.25, -0.2) is 14.2 Å². The number of H-pyrrole nitrogens is 1. The number of hydrogen-bond donors (Lipinski definition) is 4. The fourth-order valence-electron chi connectivity index (χ4n) is 3.77. The fraction of sp³-hybridized carbons (Fsp3) is 0.136. The van der Waals surface area contributed by atoms with Crippen molar-refractivity contribution in [2.24, 2.45) is 0 Å². The third-order valence-electron chi connectivity index (χ3n) is 5.22. The number of hydrogen-bond acceptors (Lipinski definition) is 5. The summed E-state index contributed by atoms with van der Waals surface area (Å²) in [6, 6.07) is 8.27. The van der Waals surface area contributed by atoms with Crippen LogP contribution in [0.2, 0.25) is 0 Å². The minimum absolute atomic E-state index is 0.00555. The lowest BCUT2D eigenvalue weighted by Crippen LogP contribution is -2.37. The molecule has 0 fully saturated rings. The highest BCUT2D eigenvalue weighted by Gasteiger charge is 2.27. The molecule has 10 heteroatoms. The van der Waals surface area contributed by atoms with Crippen LogP contribution in [0.15, 0.2) is 48.8 Å². The SMILES string of the molecule is Cc1cc(-c2n[nH]c3cc(NC(=O)NC4CC(=O)Nc5ccc(F)cc54)ncc23)ccn1. The minimum atomic E-state index is -0.660. The Morgan fingerprint density at radius 2 is 2.06 bits per heavy atom. The zero-order valence-corrected chi connectivity index (χ0v) is 16.9. The maximum atomic E-state index is 13.7. The Kier molecular flexibility index (Phi) is 4.74. The molecule has 32 heavy (non-hydrogen) atoms. The number of halogens is 1. The van der Waals surface area contributed by atoms with Crippen LogP contribution in [0.1, 0.15) is 23.7 Å². The lowest BCUT2D eigenvalue weighted by Gasteiger charge is -2.26. The average molecular weight is 431 g/mol. The van der Waals surface area contributed by atoms with Crippen LogP contribution in [0.3, 0.4) is 0 Å². The maximum absolute atomic E-state index is 13.7. The van der Waals surface area contributed by atoms with E-state index in [2.05, 4.69) is 36.1 Å². The molecule has 0 radical (unpaired) electrons. The second-order valence-electron chi connectivity index (χ2n) is 7.51. The summed E-state index contributed by atoms with van der Waals surface area (Å²) in [7, 11) is 0. The number of aryl methyl sites for hydroxylation is 1. The second kappa shape index (κ2) is 7.73. The molecule has 9 nitrogen and oxygen atoms in total. The van der Waals surface area contributed by atoms with Gasteiger partial charge in [0, 0.05) is 46.4 Å².